The zero-order chi connectivity index (χ0) is 17.7. The number of likely N-dealkylation sites (N-methyl/N-ethyl adjacent to an activating group) is 1. The van der Waals surface area contributed by atoms with Crippen LogP contribution in [0.15, 0.2) is 35.5 Å². The van der Waals surface area contributed by atoms with Crippen molar-refractivity contribution in [3.05, 3.63) is 57.9 Å². The molecule has 2 rings (SSSR count). The summed E-state index contributed by atoms with van der Waals surface area (Å²) >= 11 is 6.31. The third kappa shape index (κ3) is 4.12. The summed E-state index contributed by atoms with van der Waals surface area (Å²) in [4.78, 5) is 9.74. The van der Waals surface area contributed by atoms with Gasteiger partial charge >= 0.3 is 0 Å². The molecule has 0 aliphatic carbocycles. The van der Waals surface area contributed by atoms with E-state index in [9.17, 15) is 10.2 Å². The summed E-state index contributed by atoms with van der Waals surface area (Å²) in [7, 11) is 4.10. The van der Waals surface area contributed by atoms with Gasteiger partial charge in [-0.05, 0) is 13.0 Å². The van der Waals surface area contributed by atoms with Crippen LogP contribution >= 0.6 is 11.6 Å². The van der Waals surface area contributed by atoms with E-state index in [2.05, 4.69) is 24.1 Å². The van der Waals surface area contributed by atoms with Crippen molar-refractivity contribution in [1.82, 2.24) is 4.98 Å². The number of nitrogens with zero attached hydrogens (tertiary/aromatic N) is 2. The largest absolute Gasteiger partial charge is 0.505 e. The number of hydrogen-bond donors (Lipinski definition) is 3. The van der Waals surface area contributed by atoms with Gasteiger partial charge in [0, 0.05) is 34.1 Å². The Morgan fingerprint density at radius 2 is 2.04 bits per heavy atom. The second-order valence-corrected chi connectivity index (χ2v) is 6.34. The fourth-order valence-electron chi connectivity index (χ4n) is 2.52. The van der Waals surface area contributed by atoms with Crippen molar-refractivity contribution in [2.45, 2.75) is 19.6 Å². The number of rotatable bonds is 6. The number of halogens is 1. The predicted molar refractivity (Wildman–Crippen MR) is 96.0 cm³/mol. The first-order valence-electron chi connectivity index (χ1n) is 7.78. The first-order chi connectivity index (χ1) is 11.5. The lowest BCUT2D eigenvalue weighted by molar-refractivity contribution is -0.890. The Morgan fingerprint density at radius 3 is 2.67 bits per heavy atom. The molecular formula is C18H23ClN3O2+. The second kappa shape index (κ2) is 8.24. The average molecular weight is 349 g/mol. The van der Waals surface area contributed by atoms with Crippen LogP contribution in [-0.2, 0) is 6.61 Å². The van der Waals surface area contributed by atoms with Crippen LogP contribution in [0.4, 0.5) is 0 Å². The molecule has 0 bridgehead atoms. The topological polar surface area (TPSA) is 70.2 Å². The highest BCUT2D eigenvalue weighted by Gasteiger charge is 2.19. The monoisotopic (exact) mass is 348 g/mol. The van der Waals surface area contributed by atoms with Crippen LogP contribution in [0, 0.1) is 6.92 Å². The molecule has 0 aliphatic rings. The molecule has 1 aromatic heterocycles. The second-order valence-electron chi connectivity index (χ2n) is 5.93. The van der Waals surface area contributed by atoms with E-state index >= 15 is 0 Å². The zero-order valence-electron chi connectivity index (χ0n) is 14.1. The third-order valence-electron chi connectivity index (χ3n) is 4.01. The number of quaternary nitrogens is 1. The summed E-state index contributed by atoms with van der Waals surface area (Å²) in [6, 6.07) is 7.84. The maximum absolute atomic E-state index is 10.2. The highest BCUT2D eigenvalue weighted by Crippen LogP contribution is 2.23. The Balaban J connectivity index is 2.26. The number of aliphatic hydroxyl groups is 1. The van der Waals surface area contributed by atoms with Crippen molar-refractivity contribution >= 4 is 17.8 Å². The maximum Gasteiger partial charge on any atom is 0.145 e. The summed E-state index contributed by atoms with van der Waals surface area (Å²) in [5.41, 5.74) is 2.60. The molecule has 0 amide bonds. The summed E-state index contributed by atoms with van der Waals surface area (Å²) in [6.45, 7) is 2.02. The fraction of sp³-hybridized carbons (Fsp3) is 0.333. The van der Waals surface area contributed by atoms with Crippen molar-refractivity contribution in [1.29, 1.82) is 0 Å². The Bertz CT molecular complexity index is 732. The van der Waals surface area contributed by atoms with E-state index in [4.69, 9.17) is 11.6 Å². The van der Waals surface area contributed by atoms with Crippen molar-refractivity contribution in [3.63, 3.8) is 0 Å². The molecule has 0 spiro atoms. The average Bonchev–Trinajstić information content (AvgIpc) is 2.56. The summed E-state index contributed by atoms with van der Waals surface area (Å²) < 4.78 is 0. The Kier molecular flexibility index (Phi) is 6.31. The van der Waals surface area contributed by atoms with Gasteiger partial charge in [-0.15, -0.1) is 0 Å². The quantitative estimate of drug-likeness (QED) is 0.694. The van der Waals surface area contributed by atoms with Crippen molar-refractivity contribution < 1.29 is 15.1 Å². The highest BCUT2D eigenvalue weighted by molar-refractivity contribution is 6.31. The molecule has 128 valence electrons. The highest BCUT2D eigenvalue weighted by atomic mass is 35.5. The molecule has 0 fully saturated rings. The van der Waals surface area contributed by atoms with Gasteiger partial charge in [-0.25, -0.2) is 0 Å². The molecule has 2 aromatic rings. The summed E-state index contributed by atoms with van der Waals surface area (Å²) in [5, 5.41) is 20.3. The first-order valence-corrected chi connectivity index (χ1v) is 8.16. The van der Waals surface area contributed by atoms with Crippen molar-refractivity contribution in [2.75, 3.05) is 20.6 Å². The standard InChI is InChI=1S/C18H22ClN3O2/c1-12-18(24)15(13(11-23)8-21-12)9-20-10-17(22(2)3)14-6-4-5-7-16(14)19/h4-9,17,23-24H,10-11H2,1-3H3/p+1/t17-/m1/s1. The van der Waals surface area contributed by atoms with Gasteiger partial charge in [0.25, 0.3) is 0 Å². The minimum Gasteiger partial charge on any atom is -0.505 e. The SMILES string of the molecule is Cc1ncc(CO)c(C=NC[C@H](c2ccccc2Cl)[NH+](C)C)c1O. The summed E-state index contributed by atoms with van der Waals surface area (Å²) in [5.74, 6) is 0.0526. The van der Waals surface area contributed by atoms with Crippen LogP contribution < -0.4 is 4.90 Å². The number of aliphatic hydroxyl groups excluding tert-OH is 1. The van der Waals surface area contributed by atoms with Gasteiger partial charge < -0.3 is 15.1 Å². The zero-order valence-corrected chi connectivity index (χ0v) is 14.9. The predicted octanol–water partition coefficient (Wildman–Crippen LogP) is 1.55. The van der Waals surface area contributed by atoms with Gasteiger partial charge in [0.1, 0.15) is 11.8 Å². The molecule has 24 heavy (non-hydrogen) atoms. The van der Waals surface area contributed by atoms with E-state index in [1.165, 1.54) is 4.90 Å². The van der Waals surface area contributed by atoms with E-state index < -0.39 is 0 Å². The van der Waals surface area contributed by atoms with E-state index in [0.717, 1.165) is 10.6 Å². The normalized spacial score (nSPS) is 12.9. The van der Waals surface area contributed by atoms with E-state index in [1.807, 2.05) is 24.3 Å². The van der Waals surface area contributed by atoms with Crippen molar-refractivity contribution in [3.8, 4) is 5.75 Å². The van der Waals surface area contributed by atoms with Crippen LogP contribution in [0.5, 0.6) is 5.75 Å². The molecule has 1 aromatic carbocycles. The number of aromatic nitrogens is 1. The van der Waals surface area contributed by atoms with Crippen molar-refractivity contribution in [2.24, 2.45) is 4.99 Å². The van der Waals surface area contributed by atoms with Gasteiger partial charge in [0.2, 0.25) is 0 Å². The minimum absolute atomic E-state index is 0.0526. The van der Waals surface area contributed by atoms with Gasteiger partial charge in [-0.2, -0.15) is 0 Å². The molecule has 5 nitrogen and oxygen atoms in total. The van der Waals surface area contributed by atoms with Crippen LogP contribution in [0.1, 0.15) is 28.4 Å². The van der Waals surface area contributed by atoms with E-state index in [-0.39, 0.29) is 18.4 Å². The number of aryl methyl sites for hydroxylation is 1. The third-order valence-corrected chi connectivity index (χ3v) is 4.36. The van der Waals surface area contributed by atoms with Gasteiger partial charge in [-0.1, -0.05) is 29.8 Å². The molecular weight excluding hydrogens is 326 g/mol. The molecule has 0 radical (unpaired) electrons. The molecule has 0 saturated carbocycles. The van der Waals surface area contributed by atoms with Gasteiger partial charge in [0.15, 0.2) is 0 Å². The summed E-state index contributed by atoms with van der Waals surface area (Å²) in [6.07, 6.45) is 3.15. The maximum atomic E-state index is 10.2. The van der Waals surface area contributed by atoms with Crippen LogP contribution in [-0.4, -0.2) is 42.1 Å². The van der Waals surface area contributed by atoms with E-state index in [1.54, 1.807) is 19.3 Å². The van der Waals surface area contributed by atoms with Crippen LogP contribution in [0.2, 0.25) is 5.02 Å². The van der Waals surface area contributed by atoms with Gasteiger partial charge in [0.05, 0.1) is 32.9 Å². The lowest BCUT2D eigenvalue weighted by Crippen LogP contribution is -3.06. The number of aromatic hydroxyl groups is 1. The molecule has 3 N–H and O–H groups in total. The molecule has 0 saturated heterocycles. The molecule has 1 atom stereocenters. The number of nitrogens with one attached hydrogen (secondary N) is 1. The Hall–Kier alpha value is -1.95. The number of hydrogen-bond acceptors (Lipinski definition) is 4. The van der Waals surface area contributed by atoms with Crippen LogP contribution in [0.25, 0.3) is 0 Å². The Labute approximate surface area is 147 Å². The molecule has 0 aliphatic heterocycles. The molecule has 0 unspecified atom stereocenters. The smallest absolute Gasteiger partial charge is 0.145 e. The van der Waals surface area contributed by atoms with Crippen LogP contribution in [0.3, 0.4) is 0 Å². The first kappa shape index (κ1) is 18.4. The fourth-order valence-corrected chi connectivity index (χ4v) is 2.79. The Morgan fingerprint density at radius 1 is 1.33 bits per heavy atom. The minimum atomic E-state index is -0.199. The number of aliphatic imine (C=N–C) groups is 1. The molecule has 6 heteroatoms. The van der Waals surface area contributed by atoms with Gasteiger partial charge in [-0.3, -0.25) is 9.98 Å². The lowest BCUT2D eigenvalue weighted by Gasteiger charge is -2.21. The molecule has 1 heterocycles. The van der Waals surface area contributed by atoms with E-state index in [0.29, 0.717) is 23.4 Å². The number of pyridine rings is 1. The number of benzene rings is 1. The lowest BCUT2D eigenvalue weighted by atomic mass is 10.1.